The van der Waals surface area contributed by atoms with Crippen molar-refractivity contribution in [2.75, 3.05) is 41.0 Å². The second-order valence-electron chi connectivity index (χ2n) is 8.94. The summed E-state index contributed by atoms with van der Waals surface area (Å²) in [6.45, 7) is 8.58. The zero-order valence-corrected chi connectivity index (χ0v) is 18.6. The van der Waals surface area contributed by atoms with Gasteiger partial charge in [0, 0.05) is 43.9 Å². The highest BCUT2D eigenvalue weighted by atomic mass is 16.5. The number of aromatic nitrogens is 1. The number of likely N-dealkylation sites (tertiary alicyclic amines) is 1. The number of rotatable bonds is 6. The standard InChI is InChI=1S/C24H32N2O4/c1-15(2)11-25-12-16-6-19(14-25)20-7-17(10-23(27)26(20)13-16)18-8-21(28-3)24(30-5)22(9-18)29-4/h7-10,15-16,19H,6,11-14H2,1-5H3/t16-,19+/m0/s1. The van der Waals surface area contributed by atoms with Gasteiger partial charge in [0.2, 0.25) is 5.75 Å². The van der Waals surface area contributed by atoms with Gasteiger partial charge in [0.05, 0.1) is 21.3 Å². The van der Waals surface area contributed by atoms with E-state index in [9.17, 15) is 4.79 Å². The molecule has 6 heteroatoms. The van der Waals surface area contributed by atoms with E-state index in [1.54, 1.807) is 27.4 Å². The van der Waals surface area contributed by atoms with E-state index in [4.69, 9.17) is 14.2 Å². The van der Waals surface area contributed by atoms with Crippen LogP contribution in [0, 0.1) is 11.8 Å². The fraction of sp³-hybridized carbons (Fsp3) is 0.542. The number of benzene rings is 1. The van der Waals surface area contributed by atoms with Crippen LogP contribution in [-0.4, -0.2) is 50.4 Å². The maximum Gasteiger partial charge on any atom is 0.251 e. The van der Waals surface area contributed by atoms with Gasteiger partial charge in [0.25, 0.3) is 5.56 Å². The lowest BCUT2D eigenvalue weighted by Crippen LogP contribution is -2.48. The average Bonchev–Trinajstić information content (AvgIpc) is 2.72. The number of methoxy groups -OCH3 is 3. The summed E-state index contributed by atoms with van der Waals surface area (Å²) in [5.41, 5.74) is 3.01. The summed E-state index contributed by atoms with van der Waals surface area (Å²) in [5.74, 6) is 3.33. The summed E-state index contributed by atoms with van der Waals surface area (Å²) in [7, 11) is 4.80. The first-order valence-corrected chi connectivity index (χ1v) is 10.7. The molecule has 1 saturated heterocycles. The van der Waals surface area contributed by atoms with Crippen molar-refractivity contribution in [1.29, 1.82) is 0 Å². The summed E-state index contributed by atoms with van der Waals surface area (Å²) >= 11 is 0. The minimum Gasteiger partial charge on any atom is -0.493 e. The summed E-state index contributed by atoms with van der Waals surface area (Å²) in [4.78, 5) is 15.6. The Morgan fingerprint density at radius 2 is 1.60 bits per heavy atom. The maximum atomic E-state index is 13.0. The summed E-state index contributed by atoms with van der Waals surface area (Å²) in [6, 6.07) is 7.73. The van der Waals surface area contributed by atoms with Crippen LogP contribution in [0.5, 0.6) is 17.2 Å². The molecule has 2 aliphatic rings. The van der Waals surface area contributed by atoms with Crippen LogP contribution < -0.4 is 19.8 Å². The van der Waals surface area contributed by atoms with Crippen LogP contribution in [0.2, 0.25) is 0 Å². The predicted molar refractivity (Wildman–Crippen MR) is 118 cm³/mol. The van der Waals surface area contributed by atoms with Crippen LogP contribution in [-0.2, 0) is 6.54 Å². The highest BCUT2D eigenvalue weighted by molar-refractivity contribution is 5.71. The third kappa shape index (κ3) is 3.81. The Morgan fingerprint density at radius 3 is 2.20 bits per heavy atom. The molecule has 2 atom stereocenters. The van der Waals surface area contributed by atoms with E-state index in [1.807, 2.05) is 16.7 Å². The lowest BCUT2D eigenvalue weighted by molar-refractivity contribution is 0.109. The van der Waals surface area contributed by atoms with E-state index in [2.05, 4.69) is 24.8 Å². The summed E-state index contributed by atoms with van der Waals surface area (Å²) in [5, 5.41) is 0. The van der Waals surface area contributed by atoms with E-state index in [0.29, 0.717) is 35.0 Å². The number of hydrogen-bond donors (Lipinski definition) is 0. The number of fused-ring (bicyclic) bond motifs is 4. The molecule has 2 aliphatic heterocycles. The van der Waals surface area contributed by atoms with Crippen molar-refractivity contribution in [1.82, 2.24) is 9.47 Å². The molecule has 1 aromatic carbocycles. The molecule has 0 aliphatic carbocycles. The molecule has 0 unspecified atom stereocenters. The molecule has 6 nitrogen and oxygen atoms in total. The second-order valence-corrected chi connectivity index (χ2v) is 8.94. The number of piperidine rings is 1. The van der Waals surface area contributed by atoms with E-state index in [0.717, 1.165) is 49.4 Å². The highest BCUT2D eigenvalue weighted by Gasteiger charge is 2.35. The van der Waals surface area contributed by atoms with Crippen molar-refractivity contribution in [3.63, 3.8) is 0 Å². The molecule has 4 rings (SSSR count). The van der Waals surface area contributed by atoms with Gasteiger partial charge >= 0.3 is 0 Å². The Morgan fingerprint density at radius 1 is 0.933 bits per heavy atom. The first-order valence-electron chi connectivity index (χ1n) is 10.7. The minimum absolute atomic E-state index is 0.0725. The number of pyridine rings is 1. The lowest BCUT2D eigenvalue weighted by atomic mass is 9.82. The molecule has 1 aromatic heterocycles. The van der Waals surface area contributed by atoms with Crippen molar-refractivity contribution in [2.45, 2.75) is 32.7 Å². The van der Waals surface area contributed by atoms with Crippen LogP contribution in [0.1, 0.15) is 31.9 Å². The molecule has 0 N–H and O–H groups in total. The van der Waals surface area contributed by atoms with Crippen molar-refractivity contribution in [2.24, 2.45) is 11.8 Å². The fourth-order valence-corrected chi connectivity index (χ4v) is 5.14. The first-order chi connectivity index (χ1) is 14.4. The molecular formula is C24H32N2O4. The Bertz CT molecular complexity index is 957. The van der Waals surface area contributed by atoms with Gasteiger partial charge < -0.3 is 23.7 Å². The SMILES string of the molecule is COc1cc(-c2cc3n(c(=O)c2)C[C@H]2C[C@@H]3CN(CC(C)C)C2)cc(OC)c1OC. The zero-order valence-electron chi connectivity index (χ0n) is 18.6. The first kappa shape index (κ1) is 20.8. The maximum absolute atomic E-state index is 13.0. The lowest BCUT2D eigenvalue weighted by Gasteiger charge is -2.43. The molecule has 162 valence electrons. The van der Waals surface area contributed by atoms with Gasteiger partial charge in [-0.3, -0.25) is 4.79 Å². The normalized spacial score (nSPS) is 20.7. The van der Waals surface area contributed by atoms with Crippen LogP contribution in [0.25, 0.3) is 11.1 Å². The molecule has 3 heterocycles. The Kier molecular flexibility index (Phi) is 5.78. The Labute approximate surface area is 178 Å². The molecular weight excluding hydrogens is 380 g/mol. The summed E-state index contributed by atoms with van der Waals surface area (Å²) in [6.07, 6.45) is 1.16. The fourth-order valence-electron chi connectivity index (χ4n) is 5.14. The molecule has 2 bridgehead atoms. The average molecular weight is 413 g/mol. The topological polar surface area (TPSA) is 52.9 Å². The van der Waals surface area contributed by atoms with E-state index >= 15 is 0 Å². The molecule has 2 aromatic rings. The second kappa shape index (κ2) is 8.34. The zero-order chi connectivity index (χ0) is 21.4. The van der Waals surface area contributed by atoms with Gasteiger partial charge in [-0.05, 0) is 47.6 Å². The van der Waals surface area contributed by atoms with E-state index in [-0.39, 0.29) is 5.56 Å². The third-order valence-electron chi connectivity index (χ3n) is 6.25. The smallest absolute Gasteiger partial charge is 0.251 e. The molecule has 0 radical (unpaired) electrons. The van der Waals surface area contributed by atoms with Gasteiger partial charge in [-0.2, -0.15) is 0 Å². The molecule has 0 saturated carbocycles. The van der Waals surface area contributed by atoms with Gasteiger partial charge in [0.1, 0.15) is 0 Å². The monoisotopic (exact) mass is 412 g/mol. The summed E-state index contributed by atoms with van der Waals surface area (Å²) < 4.78 is 18.4. The predicted octanol–water partition coefficient (Wildman–Crippen LogP) is 3.62. The quantitative estimate of drug-likeness (QED) is 0.725. The minimum atomic E-state index is 0.0725. The number of ether oxygens (including phenoxy) is 3. The molecule has 1 fully saturated rings. The van der Waals surface area contributed by atoms with Crippen molar-refractivity contribution in [3.05, 3.63) is 40.3 Å². The molecule has 30 heavy (non-hydrogen) atoms. The van der Waals surface area contributed by atoms with Crippen LogP contribution in [0.4, 0.5) is 0 Å². The van der Waals surface area contributed by atoms with Crippen molar-refractivity contribution >= 4 is 0 Å². The highest BCUT2D eigenvalue weighted by Crippen LogP contribution is 2.42. The third-order valence-corrected chi connectivity index (χ3v) is 6.25. The largest absolute Gasteiger partial charge is 0.493 e. The van der Waals surface area contributed by atoms with E-state index < -0.39 is 0 Å². The van der Waals surface area contributed by atoms with Crippen LogP contribution >= 0.6 is 0 Å². The molecule has 0 spiro atoms. The Balaban J connectivity index is 1.75. The number of hydrogen-bond acceptors (Lipinski definition) is 5. The van der Waals surface area contributed by atoms with Gasteiger partial charge in [-0.15, -0.1) is 0 Å². The van der Waals surface area contributed by atoms with Crippen LogP contribution in [0.3, 0.4) is 0 Å². The number of nitrogens with zero attached hydrogens (tertiary/aromatic N) is 2. The van der Waals surface area contributed by atoms with E-state index in [1.165, 1.54) is 0 Å². The van der Waals surface area contributed by atoms with Gasteiger partial charge in [-0.1, -0.05) is 13.8 Å². The molecule has 0 amide bonds. The van der Waals surface area contributed by atoms with Crippen molar-refractivity contribution < 1.29 is 14.2 Å². The van der Waals surface area contributed by atoms with Gasteiger partial charge in [0.15, 0.2) is 11.5 Å². The van der Waals surface area contributed by atoms with Crippen LogP contribution in [0.15, 0.2) is 29.1 Å². The van der Waals surface area contributed by atoms with Crippen molar-refractivity contribution in [3.8, 4) is 28.4 Å². The van der Waals surface area contributed by atoms with Gasteiger partial charge in [-0.25, -0.2) is 0 Å². The Hall–Kier alpha value is -2.47.